The number of amides is 1. The van der Waals surface area contributed by atoms with Crippen molar-refractivity contribution in [2.24, 2.45) is 0 Å². The van der Waals surface area contributed by atoms with Gasteiger partial charge in [0.15, 0.2) is 0 Å². The van der Waals surface area contributed by atoms with Crippen LogP contribution in [0.1, 0.15) is 25.7 Å². The Balaban J connectivity index is 1.83. The molecule has 1 aromatic rings. The van der Waals surface area contributed by atoms with Crippen LogP contribution in [0.2, 0.25) is 0 Å². The standard InChI is InChI=1S/C13H18N4O3/c18-13(16-8-2-1-3-9-16)5-7-15-11-4-6-14-10-12(11)17(19)20/h4,6,10H,1-3,5,7-9H2,(H,14,15). The van der Waals surface area contributed by atoms with E-state index >= 15 is 0 Å². The fraction of sp³-hybridized carbons (Fsp3) is 0.538. The van der Waals surface area contributed by atoms with Crippen molar-refractivity contribution in [2.45, 2.75) is 25.7 Å². The van der Waals surface area contributed by atoms with Gasteiger partial charge in [-0.05, 0) is 25.3 Å². The molecule has 1 aromatic heterocycles. The van der Waals surface area contributed by atoms with Crippen LogP contribution in [0.4, 0.5) is 11.4 Å². The van der Waals surface area contributed by atoms with Gasteiger partial charge in [-0.1, -0.05) is 0 Å². The molecule has 108 valence electrons. The van der Waals surface area contributed by atoms with Crippen molar-refractivity contribution in [3.63, 3.8) is 0 Å². The molecule has 2 rings (SSSR count). The molecule has 0 bridgehead atoms. The van der Waals surface area contributed by atoms with Crippen LogP contribution >= 0.6 is 0 Å². The lowest BCUT2D eigenvalue weighted by atomic mass is 10.1. The summed E-state index contributed by atoms with van der Waals surface area (Å²) >= 11 is 0. The van der Waals surface area contributed by atoms with Gasteiger partial charge in [-0.2, -0.15) is 0 Å². The first-order valence-electron chi connectivity index (χ1n) is 6.78. The minimum absolute atomic E-state index is 0.0714. The molecule has 7 nitrogen and oxygen atoms in total. The Kier molecular flexibility index (Phi) is 4.86. The van der Waals surface area contributed by atoms with Crippen molar-refractivity contribution >= 4 is 17.3 Å². The molecule has 20 heavy (non-hydrogen) atoms. The van der Waals surface area contributed by atoms with Gasteiger partial charge in [0, 0.05) is 32.3 Å². The highest BCUT2D eigenvalue weighted by atomic mass is 16.6. The highest BCUT2D eigenvalue weighted by Crippen LogP contribution is 2.21. The van der Waals surface area contributed by atoms with Gasteiger partial charge in [-0.15, -0.1) is 0 Å². The Morgan fingerprint density at radius 3 is 2.85 bits per heavy atom. The van der Waals surface area contributed by atoms with E-state index in [0.717, 1.165) is 25.9 Å². The number of carbonyl (C=O) groups is 1. The number of aromatic nitrogens is 1. The van der Waals surface area contributed by atoms with Crippen LogP contribution in [-0.4, -0.2) is 40.3 Å². The average molecular weight is 278 g/mol. The Hall–Kier alpha value is -2.18. The van der Waals surface area contributed by atoms with Crippen molar-refractivity contribution in [3.8, 4) is 0 Å². The highest BCUT2D eigenvalue weighted by molar-refractivity contribution is 5.77. The normalized spacial score (nSPS) is 14.9. The number of pyridine rings is 1. The summed E-state index contributed by atoms with van der Waals surface area (Å²) in [7, 11) is 0. The lowest BCUT2D eigenvalue weighted by Crippen LogP contribution is -2.36. The van der Waals surface area contributed by atoms with Gasteiger partial charge < -0.3 is 10.2 Å². The lowest BCUT2D eigenvalue weighted by molar-refractivity contribution is -0.384. The second-order valence-corrected chi connectivity index (χ2v) is 4.77. The van der Waals surface area contributed by atoms with Gasteiger partial charge >= 0.3 is 5.69 Å². The number of nitrogens with one attached hydrogen (secondary N) is 1. The second-order valence-electron chi connectivity index (χ2n) is 4.77. The van der Waals surface area contributed by atoms with E-state index < -0.39 is 4.92 Å². The van der Waals surface area contributed by atoms with E-state index in [2.05, 4.69) is 10.3 Å². The Labute approximate surface area is 117 Å². The molecule has 1 aliphatic rings. The number of piperidine rings is 1. The van der Waals surface area contributed by atoms with Gasteiger partial charge in [-0.25, -0.2) is 0 Å². The summed E-state index contributed by atoms with van der Waals surface area (Å²) in [6.07, 6.45) is 6.35. The zero-order valence-electron chi connectivity index (χ0n) is 11.2. The number of anilines is 1. The van der Waals surface area contributed by atoms with E-state index in [4.69, 9.17) is 0 Å². The molecule has 1 saturated heterocycles. The molecular formula is C13H18N4O3. The number of nitro groups is 1. The number of rotatable bonds is 5. The Morgan fingerprint density at radius 2 is 2.15 bits per heavy atom. The van der Waals surface area contributed by atoms with Crippen molar-refractivity contribution in [2.75, 3.05) is 25.0 Å². The maximum absolute atomic E-state index is 11.9. The summed E-state index contributed by atoms with van der Waals surface area (Å²) in [6, 6.07) is 1.55. The number of hydrogen-bond acceptors (Lipinski definition) is 5. The molecule has 0 spiro atoms. The van der Waals surface area contributed by atoms with Crippen molar-refractivity contribution in [1.82, 2.24) is 9.88 Å². The van der Waals surface area contributed by atoms with Gasteiger partial charge in [0.25, 0.3) is 0 Å². The second kappa shape index (κ2) is 6.83. The third-order valence-corrected chi connectivity index (χ3v) is 3.36. The third-order valence-electron chi connectivity index (χ3n) is 3.36. The number of carbonyl (C=O) groups excluding carboxylic acids is 1. The summed E-state index contributed by atoms with van der Waals surface area (Å²) in [5.41, 5.74) is 0.328. The summed E-state index contributed by atoms with van der Waals surface area (Å²) in [6.45, 7) is 2.04. The minimum Gasteiger partial charge on any atom is -0.379 e. The van der Waals surface area contributed by atoms with Gasteiger partial charge in [-0.3, -0.25) is 19.9 Å². The van der Waals surface area contributed by atoms with Crippen molar-refractivity contribution in [3.05, 3.63) is 28.6 Å². The van der Waals surface area contributed by atoms with Crippen molar-refractivity contribution < 1.29 is 9.72 Å². The molecule has 0 saturated carbocycles. The topological polar surface area (TPSA) is 88.4 Å². The molecule has 7 heteroatoms. The average Bonchev–Trinajstić information content (AvgIpc) is 2.48. The quantitative estimate of drug-likeness (QED) is 0.655. The van der Waals surface area contributed by atoms with Gasteiger partial charge in [0.2, 0.25) is 5.91 Å². The van der Waals surface area contributed by atoms with Gasteiger partial charge in [0.1, 0.15) is 11.9 Å². The predicted molar refractivity (Wildman–Crippen MR) is 74.4 cm³/mol. The van der Waals surface area contributed by atoms with E-state index in [9.17, 15) is 14.9 Å². The van der Waals surface area contributed by atoms with Crippen LogP contribution in [-0.2, 0) is 4.79 Å². The smallest absolute Gasteiger partial charge is 0.310 e. The summed E-state index contributed by atoms with van der Waals surface area (Å²) < 4.78 is 0. The number of nitrogens with zero attached hydrogens (tertiary/aromatic N) is 3. The van der Waals surface area contributed by atoms with Crippen LogP contribution in [0.25, 0.3) is 0 Å². The lowest BCUT2D eigenvalue weighted by Gasteiger charge is -2.26. The van der Waals surface area contributed by atoms with E-state index in [1.54, 1.807) is 6.07 Å². The molecule has 1 amide bonds. The first-order valence-corrected chi connectivity index (χ1v) is 6.78. The molecule has 0 unspecified atom stereocenters. The molecular weight excluding hydrogens is 260 g/mol. The SMILES string of the molecule is O=C(CCNc1ccncc1[N+](=O)[O-])N1CCCCC1. The molecule has 0 aromatic carbocycles. The first kappa shape index (κ1) is 14.2. The Bertz CT molecular complexity index is 486. The fourth-order valence-electron chi connectivity index (χ4n) is 2.29. The predicted octanol–water partition coefficient (Wildman–Crippen LogP) is 1.80. The number of likely N-dealkylation sites (tertiary alicyclic amines) is 1. The van der Waals surface area contributed by atoms with Crippen LogP contribution < -0.4 is 5.32 Å². The van der Waals surface area contributed by atoms with Gasteiger partial charge in [0.05, 0.1) is 4.92 Å². The first-order chi connectivity index (χ1) is 9.68. The summed E-state index contributed by atoms with van der Waals surface area (Å²) in [4.78, 5) is 27.9. The molecule has 0 aliphatic carbocycles. The third kappa shape index (κ3) is 3.66. The highest BCUT2D eigenvalue weighted by Gasteiger charge is 2.17. The molecule has 2 heterocycles. The Morgan fingerprint density at radius 1 is 1.40 bits per heavy atom. The van der Waals surface area contributed by atoms with E-state index in [1.165, 1.54) is 18.8 Å². The minimum atomic E-state index is -0.484. The maximum Gasteiger partial charge on any atom is 0.310 e. The molecule has 0 atom stereocenters. The number of hydrogen-bond donors (Lipinski definition) is 1. The monoisotopic (exact) mass is 278 g/mol. The fourth-order valence-corrected chi connectivity index (χ4v) is 2.29. The van der Waals surface area contributed by atoms with Crippen LogP contribution in [0, 0.1) is 10.1 Å². The van der Waals surface area contributed by atoms with E-state index in [1.807, 2.05) is 4.90 Å². The summed E-state index contributed by atoms with van der Waals surface area (Å²) in [5, 5.41) is 13.8. The van der Waals surface area contributed by atoms with Crippen LogP contribution in [0.15, 0.2) is 18.5 Å². The molecule has 1 fully saturated rings. The zero-order chi connectivity index (χ0) is 14.4. The van der Waals surface area contributed by atoms with E-state index in [-0.39, 0.29) is 11.6 Å². The van der Waals surface area contributed by atoms with Crippen molar-refractivity contribution in [1.29, 1.82) is 0 Å². The largest absolute Gasteiger partial charge is 0.379 e. The summed E-state index contributed by atoms with van der Waals surface area (Å²) in [5.74, 6) is 0.105. The molecule has 0 radical (unpaired) electrons. The van der Waals surface area contributed by atoms with E-state index in [0.29, 0.717) is 18.7 Å². The zero-order valence-corrected chi connectivity index (χ0v) is 11.2. The maximum atomic E-state index is 11.9. The molecule has 1 aliphatic heterocycles. The molecule has 1 N–H and O–H groups in total. The van der Waals surface area contributed by atoms with Crippen LogP contribution in [0.3, 0.4) is 0 Å². The van der Waals surface area contributed by atoms with Crippen LogP contribution in [0.5, 0.6) is 0 Å².